The van der Waals surface area contributed by atoms with Gasteiger partial charge in [0.15, 0.2) is 11.5 Å². The summed E-state index contributed by atoms with van der Waals surface area (Å²) in [7, 11) is 1.61. The second kappa shape index (κ2) is 10.3. The first-order valence-electron chi connectivity index (χ1n) is 10.3. The molecule has 156 valence electrons. The molecule has 6 nitrogen and oxygen atoms in total. The van der Waals surface area contributed by atoms with Gasteiger partial charge in [-0.2, -0.15) is 0 Å². The van der Waals surface area contributed by atoms with Crippen LogP contribution in [0.5, 0.6) is 11.5 Å². The lowest BCUT2D eigenvalue weighted by Gasteiger charge is -2.34. The Morgan fingerprint density at radius 3 is 2.59 bits per heavy atom. The van der Waals surface area contributed by atoms with E-state index in [1.54, 1.807) is 19.4 Å². The van der Waals surface area contributed by atoms with E-state index in [2.05, 4.69) is 29.8 Å². The molecule has 1 saturated heterocycles. The van der Waals surface area contributed by atoms with Crippen LogP contribution >= 0.6 is 0 Å². The number of hydrogen-bond acceptors (Lipinski definition) is 5. The maximum Gasteiger partial charge on any atom is 0.254 e. The highest BCUT2D eigenvalue weighted by molar-refractivity contribution is 5.95. The number of rotatable bonds is 8. The zero-order chi connectivity index (χ0) is 20.6. The number of carbonyl (C=O) groups is 1. The number of methoxy groups -OCH3 is 1. The Bertz CT molecular complexity index is 787. The zero-order valence-corrected chi connectivity index (χ0v) is 17.6. The molecule has 2 heterocycles. The van der Waals surface area contributed by atoms with E-state index in [4.69, 9.17) is 9.47 Å². The number of piperazine rings is 1. The van der Waals surface area contributed by atoms with Gasteiger partial charge in [-0.1, -0.05) is 19.9 Å². The van der Waals surface area contributed by atoms with Gasteiger partial charge in [-0.25, -0.2) is 0 Å². The van der Waals surface area contributed by atoms with Crippen molar-refractivity contribution in [1.82, 2.24) is 14.8 Å². The summed E-state index contributed by atoms with van der Waals surface area (Å²) in [5.74, 6) is 1.91. The molecule has 1 aliphatic rings. The molecule has 0 bridgehead atoms. The van der Waals surface area contributed by atoms with Gasteiger partial charge in [0.1, 0.15) is 0 Å². The fraction of sp³-hybridized carbons (Fsp3) is 0.478. The predicted octanol–water partition coefficient (Wildman–Crippen LogP) is 3.47. The molecule has 0 aliphatic carbocycles. The number of carbonyl (C=O) groups excluding carboxylic acids is 1. The fourth-order valence-corrected chi connectivity index (χ4v) is 3.37. The molecule has 3 rings (SSSR count). The van der Waals surface area contributed by atoms with E-state index < -0.39 is 0 Å². The molecule has 0 radical (unpaired) electrons. The van der Waals surface area contributed by atoms with Crippen LogP contribution in [0.4, 0.5) is 0 Å². The molecule has 1 aromatic heterocycles. The molecular weight excluding hydrogens is 366 g/mol. The topological polar surface area (TPSA) is 54.9 Å². The van der Waals surface area contributed by atoms with Crippen LogP contribution in [0.25, 0.3) is 0 Å². The Hall–Kier alpha value is -2.60. The van der Waals surface area contributed by atoms with Crippen molar-refractivity contribution in [2.24, 2.45) is 5.92 Å². The molecule has 2 aromatic rings. The lowest BCUT2D eigenvalue weighted by atomic mass is 10.1. The molecule has 0 spiro atoms. The number of benzene rings is 1. The molecule has 1 aromatic carbocycles. The molecule has 29 heavy (non-hydrogen) atoms. The Morgan fingerprint density at radius 2 is 1.93 bits per heavy atom. The number of amides is 1. The van der Waals surface area contributed by atoms with Gasteiger partial charge in [0, 0.05) is 50.7 Å². The summed E-state index contributed by atoms with van der Waals surface area (Å²) >= 11 is 0. The molecule has 1 fully saturated rings. The van der Waals surface area contributed by atoms with Gasteiger partial charge in [0.25, 0.3) is 5.91 Å². The molecule has 6 heteroatoms. The molecular formula is C23H31N3O3. The number of hydrogen-bond donors (Lipinski definition) is 0. The third-order valence-electron chi connectivity index (χ3n) is 5.15. The van der Waals surface area contributed by atoms with Gasteiger partial charge in [0.2, 0.25) is 0 Å². The number of pyridine rings is 1. The van der Waals surface area contributed by atoms with Gasteiger partial charge >= 0.3 is 0 Å². The predicted molar refractivity (Wildman–Crippen MR) is 113 cm³/mol. The van der Waals surface area contributed by atoms with E-state index >= 15 is 0 Å². The zero-order valence-electron chi connectivity index (χ0n) is 17.6. The van der Waals surface area contributed by atoms with Crippen molar-refractivity contribution in [3.8, 4) is 11.5 Å². The van der Waals surface area contributed by atoms with Crippen LogP contribution in [-0.4, -0.2) is 60.6 Å². The molecule has 1 amide bonds. The van der Waals surface area contributed by atoms with E-state index in [-0.39, 0.29) is 5.91 Å². The maximum atomic E-state index is 12.9. The summed E-state index contributed by atoms with van der Waals surface area (Å²) in [5, 5.41) is 0. The third-order valence-corrected chi connectivity index (χ3v) is 5.15. The second-order valence-corrected chi connectivity index (χ2v) is 7.83. The normalized spacial score (nSPS) is 14.8. The van der Waals surface area contributed by atoms with E-state index in [9.17, 15) is 4.79 Å². The summed E-state index contributed by atoms with van der Waals surface area (Å²) in [6.45, 7) is 8.98. The molecule has 1 aliphatic heterocycles. The van der Waals surface area contributed by atoms with Crippen LogP contribution in [0.15, 0.2) is 42.7 Å². The Balaban J connectivity index is 1.56. The first-order chi connectivity index (χ1) is 14.1. The lowest BCUT2D eigenvalue weighted by molar-refractivity contribution is 0.0628. The van der Waals surface area contributed by atoms with Crippen LogP contribution in [0, 0.1) is 5.92 Å². The Labute approximate surface area is 173 Å². The van der Waals surface area contributed by atoms with E-state index in [1.165, 1.54) is 5.56 Å². The maximum absolute atomic E-state index is 12.9. The van der Waals surface area contributed by atoms with E-state index in [0.717, 1.165) is 26.1 Å². The summed E-state index contributed by atoms with van der Waals surface area (Å²) < 4.78 is 11.3. The number of aromatic nitrogens is 1. The van der Waals surface area contributed by atoms with Gasteiger partial charge in [-0.15, -0.1) is 0 Å². The molecule has 0 unspecified atom stereocenters. The van der Waals surface area contributed by atoms with Crippen LogP contribution in [-0.2, 0) is 6.54 Å². The van der Waals surface area contributed by atoms with Gasteiger partial charge < -0.3 is 14.4 Å². The van der Waals surface area contributed by atoms with Crippen LogP contribution in [0.1, 0.15) is 36.2 Å². The third kappa shape index (κ3) is 5.94. The second-order valence-electron chi connectivity index (χ2n) is 7.83. The lowest BCUT2D eigenvalue weighted by Crippen LogP contribution is -2.48. The van der Waals surface area contributed by atoms with E-state index in [1.807, 2.05) is 29.3 Å². The fourth-order valence-electron chi connectivity index (χ4n) is 3.37. The minimum atomic E-state index is 0.0399. The minimum absolute atomic E-state index is 0.0399. The molecule has 0 atom stereocenters. The van der Waals surface area contributed by atoms with E-state index in [0.29, 0.717) is 42.7 Å². The van der Waals surface area contributed by atoms with Crippen LogP contribution < -0.4 is 9.47 Å². The summed E-state index contributed by atoms with van der Waals surface area (Å²) in [4.78, 5) is 21.4. The minimum Gasteiger partial charge on any atom is -0.493 e. The summed E-state index contributed by atoms with van der Waals surface area (Å²) in [6, 6.07) is 9.50. The van der Waals surface area contributed by atoms with Crippen molar-refractivity contribution in [3.05, 3.63) is 53.9 Å². The Morgan fingerprint density at radius 1 is 1.14 bits per heavy atom. The standard InChI is InChI=1S/C23H31N3O3/c1-18(2)8-14-29-21-7-6-20(15-22(21)28-3)23(27)26-12-10-25(11-13-26)17-19-5-4-9-24-16-19/h4-7,9,15-16,18H,8,10-14,17H2,1-3H3. The Kier molecular flexibility index (Phi) is 7.47. The van der Waals surface area contributed by atoms with Gasteiger partial charge in [-0.3, -0.25) is 14.7 Å². The molecule has 0 saturated carbocycles. The first-order valence-corrected chi connectivity index (χ1v) is 10.3. The summed E-state index contributed by atoms with van der Waals surface area (Å²) in [5.41, 5.74) is 1.84. The van der Waals surface area contributed by atoms with Crippen LogP contribution in [0.2, 0.25) is 0 Å². The van der Waals surface area contributed by atoms with Crippen LogP contribution in [0.3, 0.4) is 0 Å². The van der Waals surface area contributed by atoms with Crippen molar-refractivity contribution in [1.29, 1.82) is 0 Å². The SMILES string of the molecule is COc1cc(C(=O)N2CCN(Cc3cccnc3)CC2)ccc1OCCC(C)C. The average Bonchev–Trinajstić information content (AvgIpc) is 2.74. The van der Waals surface area contributed by atoms with Crippen molar-refractivity contribution in [2.45, 2.75) is 26.8 Å². The quantitative estimate of drug-likeness (QED) is 0.683. The highest BCUT2D eigenvalue weighted by atomic mass is 16.5. The monoisotopic (exact) mass is 397 g/mol. The van der Waals surface area contributed by atoms with Crippen molar-refractivity contribution in [2.75, 3.05) is 39.9 Å². The summed E-state index contributed by atoms with van der Waals surface area (Å²) in [6.07, 6.45) is 4.66. The molecule has 0 N–H and O–H groups in total. The van der Waals surface area contributed by atoms with Crippen molar-refractivity contribution < 1.29 is 14.3 Å². The average molecular weight is 398 g/mol. The van der Waals surface area contributed by atoms with Gasteiger partial charge in [-0.05, 0) is 42.2 Å². The highest BCUT2D eigenvalue weighted by Crippen LogP contribution is 2.29. The smallest absolute Gasteiger partial charge is 0.254 e. The van der Waals surface area contributed by atoms with Crippen molar-refractivity contribution in [3.63, 3.8) is 0 Å². The highest BCUT2D eigenvalue weighted by Gasteiger charge is 2.23. The largest absolute Gasteiger partial charge is 0.493 e. The van der Waals surface area contributed by atoms with Crippen molar-refractivity contribution >= 4 is 5.91 Å². The first kappa shape index (κ1) is 21.1. The number of nitrogens with zero attached hydrogens (tertiary/aromatic N) is 3. The van der Waals surface area contributed by atoms with Gasteiger partial charge in [0.05, 0.1) is 13.7 Å². The number of ether oxygens (including phenoxy) is 2.